The van der Waals surface area contributed by atoms with Gasteiger partial charge in [-0.2, -0.15) is 0 Å². The van der Waals surface area contributed by atoms with E-state index in [4.69, 9.17) is 0 Å². The molecule has 1 N–H and O–H groups in total. The van der Waals surface area contributed by atoms with Gasteiger partial charge in [-0.1, -0.05) is 29.5 Å². The van der Waals surface area contributed by atoms with Crippen molar-refractivity contribution in [3.63, 3.8) is 0 Å². The molecule has 0 spiro atoms. The molecule has 3 aromatic rings. The molecule has 0 saturated heterocycles. The van der Waals surface area contributed by atoms with Gasteiger partial charge in [0.05, 0.1) is 5.25 Å². The fourth-order valence-electron chi connectivity index (χ4n) is 3.48. The Labute approximate surface area is 189 Å². The minimum atomic E-state index is -0.304. The minimum Gasteiger partial charge on any atom is -0.372 e. The summed E-state index contributed by atoms with van der Waals surface area (Å²) >= 11 is 1.41. The second-order valence-corrected chi connectivity index (χ2v) is 8.96. The number of benzene rings is 2. The van der Waals surface area contributed by atoms with E-state index in [9.17, 15) is 4.79 Å². The summed E-state index contributed by atoms with van der Waals surface area (Å²) < 4.78 is 1.94. The molecule has 2 aromatic carbocycles. The molecule has 31 heavy (non-hydrogen) atoms. The van der Waals surface area contributed by atoms with E-state index in [1.54, 1.807) is 0 Å². The summed E-state index contributed by atoms with van der Waals surface area (Å²) in [7, 11) is 1.94. The molecule has 164 valence electrons. The van der Waals surface area contributed by atoms with Crippen molar-refractivity contribution >= 4 is 29.0 Å². The van der Waals surface area contributed by atoms with Crippen LogP contribution in [-0.4, -0.2) is 39.0 Å². The summed E-state index contributed by atoms with van der Waals surface area (Å²) in [6.45, 7) is 12.2. The van der Waals surface area contributed by atoms with Gasteiger partial charge in [0.15, 0.2) is 11.0 Å². The number of hydrogen-bond donors (Lipinski definition) is 1. The number of carbonyl (C=O) groups is 1. The lowest BCUT2D eigenvalue weighted by molar-refractivity contribution is -0.115. The quantitative estimate of drug-likeness (QED) is 0.499. The van der Waals surface area contributed by atoms with E-state index in [1.165, 1.54) is 23.0 Å². The van der Waals surface area contributed by atoms with Crippen LogP contribution in [0, 0.1) is 13.8 Å². The molecule has 1 unspecified atom stereocenters. The lowest BCUT2D eigenvalue weighted by Gasteiger charge is -2.21. The molecule has 0 saturated carbocycles. The monoisotopic (exact) mass is 437 g/mol. The summed E-state index contributed by atoms with van der Waals surface area (Å²) in [5.41, 5.74) is 5.27. The first-order chi connectivity index (χ1) is 14.8. The van der Waals surface area contributed by atoms with Gasteiger partial charge in [-0.05, 0) is 70.5 Å². The first-order valence-corrected chi connectivity index (χ1v) is 11.5. The number of nitrogens with zero attached hydrogens (tertiary/aromatic N) is 4. The lowest BCUT2D eigenvalue weighted by atomic mass is 10.1. The van der Waals surface area contributed by atoms with E-state index in [0.29, 0.717) is 5.16 Å². The van der Waals surface area contributed by atoms with Crippen molar-refractivity contribution < 1.29 is 4.79 Å². The fourth-order valence-corrected chi connectivity index (χ4v) is 4.29. The molecule has 0 bridgehead atoms. The van der Waals surface area contributed by atoms with Crippen LogP contribution in [0.1, 0.15) is 31.9 Å². The van der Waals surface area contributed by atoms with E-state index < -0.39 is 0 Å². The highest BCUT2D eigenvalue weighted by molar-refractivity contribution is 8.00. The van der Waals surface area contributed by atoms with Gasteiger partial charge in [0.2, 0.25) is 5.91 Å². The van der Waals surface area contributed by atoms with Crippen molar-refractivity contribution in [3.8, 4) is 11.4 Å². The second kappa shape index (κ2) is 10.0. The number of rotatable bonds is 8. The Bertz CT molecular complexity index is 1040. The third-order valence-electron chi connectivity index (χ3n) is 5.38. The third-order valence-corrected chi connectivity index (χ3v) is 6.51. The van der Waals surface area contributed by atoms with Gasteiger partial charge >= 0.3 is 0 Å². The van der Waals surface area contributed by atoms with Crippen LogP contribution >= 0.6 is 11.8 Å². The molecule has 6 nitrogen and oxygen atoms in total. The summed E-state index contributed by atoms with van der Waals surface area (Å²) in [4.78, 5) is 15.0. The number of amides is 1. The molecule has 0 radical (unpaired) electrons. The highest BCUT2D eigenvalue weighted by Gasteiger charge is 2.20. The molecule has 1 atom stereocenters. The summed E-state index contributed by atoms with van der Waals surface area (Å²) in [6.07, 6.45) is 0. The number of aryl methyl sites for hydroxylation is 2. The average Bonchev–Trinajstić information content (AvgIpc) is 3.11. The predicted octanol–water partition coefficient (Wildman–Crippen LogP) is 5.06. The SMILES string of the molecule is CCN(CC)c1ccc(-c2nnc(SC(C)C(=O)Nc3ccc(C)cc3C)n2C)cc1. The Morgan fingerprint density at radius 3 is 2.39 bits per heavy atom. The zero-order valence-corrected chi connectivity index (χ0v) is 20.0. The lowest BCUT2D eigenvalue weighted by Crippen LogP contribution is -2.23. The van der Waals surface area contributed by atoms with E-state index in [1.807, 2.05) is 44.5 Å². The Kier molecular flexibility index (Phi) is 7.38. The summed E-state index contributed by atoms with van der Waals surface area (Å²) in [6, 6.07) is 14.4. The highest BCUT2D eigenvalue weighted by Crippen LogP contribution is 2.28. The Balaban J connectivity index is 1.70. The van der Waals surface area contributed by atoms with Gasteiger partial charge in [0.25, 0.3) is 0 Å². The number of thioether (sulfide) groups is 1. The zero-order valence-electron chi connectivity index (χ0n) is 19.1. The predicted molar refractivity (Wildman–Crippen MR) is 130 cm³/mol. The van der Waals surface area contributed by atoms with Gasteiger partial charge < -0.3 is 14.8 Å². The number of hydrogen-bond acceptors (Lipinski definition) is 5. The van der Waals surface area contributed by atoms with Crippen molar-refractivity contribution in [1.29, 1.82) is 0 Å². The molecule has 1 aromatic heterocycles. The fraction of sp³-hybridized carbons (Fsp3) is 0.375. The normalized spacial score (nSPS) is 11.9. The molecule has 7 heteroatoms. The van der Waals surface area contributed by atoms with E-state index >= 15 is 0 Å². The van der Waals surface area contributed by atoms with Gasteiger partial charge in [-0.3, -0.25) is 4.79 Å². The highest BCUT2D eigenvalue weighted by atomic mass is 32.2. The van der Waals surface area contributed by atoms with Gasteiger partial charge in [-0.25, -0.2) is 0 Å². The van der Waals surface area contributed by atoms with Crippen LogP contribution in [0.4, 0.5) is 11.4 Å². The topological polar surface area (TPSA) is 63.1 Å². The van der Waals surface area contributed by atoms with Gasteiger partial charge in [0.1, 0.15) is 0 Å². The van der Waals surface area contributed by atoms with Gasteiger partial charge in [0, 0.05) is 37.1 Å². The van der Waals surface area contributed by atoms with E-state index in [0.717, 1.165) is 35.7 Å². The van der Waals surface area contributed by atoms with Crippen LogP contribution in [0.25, 0.3) is 11.4 Å². The Morgan fingerprint density at radius 1 is 1.10 bits per heavy atom. The van der Waals surface area contributed by atoms with Crippen molar-refractivity contribution in [3.05, 3.63) is 53.6 Å². The molecule has 1 heterocycles. The van der Waals surface area contributed by atoms with Crippen LogP contribution in [0.3, 0.4) is 0 Å². The largest absolute Gasteiger partial charge is 0.372 e. The third kappa shape index (κ3) is 5.28. The smallest absolute Gasteiger partial charge is 0.237 e. The zero-order chi connectivity index (χ0) is 22.5. The molecule has 0 aliphatic carbocycles. The van der Waals surface area contributed by atoms with Crippen molar-refractivity contribution in [2.45, 2.75) is 45.0 Å². The first kappa shape index (κ1) is 22.9. The van der Waals surface area contributed by atoms with Crippen molar-refractivity contribution in [2.75, 3.05) is 23.3 Å². The molecular weight excluding hydrogens is 406 g/mol. The average molecular weight is 438 g/mol. The molecule has 1 amide bonds. The van der Waals surface area contributed by atoms with E-state index in [2.05, 4.69) is 64.6 Å². The van der Waals surface area contributed by atoms with Gasteiger partial charge in [-0.15, -0.1) is 10.2 Å². The number of anilines is 2. The van der Waals surface area contributed by atoms with Crippen LogP contribution < -0.4 is 10.2 Å². The molecular formula is C24H31N5OS. The van der Waals surface area contributed by atoms with Crippen molar-refractivity contribution in [1.82, 2.24) is 14.8 Å². The summed E-state index contributed by atoms with van der Waals surface area (Å²) in [5.74, 6) is 0.737. The molecule has 3 rings (SSSR count). The summed E-state index contributed by atoms with van der Waals surface area (Å²) in [5, 5.41) is 12.1. The number of nitrogens with one attached hydrogen (secondary N) is 1. The Hall–Kier alpha value is -2.80. The maximum Gasteiger partial charge on any atom is 0.237 e. The number of aromatic nitrogens is 3. The first-order valence-electron chi connectivity index (χ1n) is 10.6. The number of carbonyl (C=O) groups excluding carboxylic acids is 1. The van der Waals surface area contributed by atoms with Crippen LogP contribution in [-0.2, 0) is 11.8 Å². The maximum absolute atomic E-state index is 12.7. The van der Waals surface area contributed by atoms with Crippen LogP contribution in [0.15, 0.2) is 47.6 Å². The standard InChI is InChI=1S/C24H31N5OS/c1-7-29(8-2)20-12-10-19(11-13-20)22-26-27-24(28(22)6)31-18(5)23(30)25-21-14-9-16(3)15-17(21)4/h9-15,18H,7-8H2,1-6H3,(H,25,30). The van der Waals surface area contributed by atoms with Crippen LogP contribution in [0.5, 0.6) is 0 Å². The maximum atomic E-state index is 12.7. The molecule has 0 aliphatic rings. The minimum absolute atomic E-state index is 0.0509. The Morgan fingerprint density at radius 2 is 1.77 bits per heavy atom. The van der Waals surface area contributed by atoms with E-state index in [-0.39, 0.29) is 11.2 Å². The van der Waals surface area contributed by atoms with Crippen LogP contribution in [0.2, 0.25) is 0 Å². The molecule has 0 fully saturated rings. The second-order valence-electron chi connectivity index (χ2n) is 7.65. The van der Waals surface area contributed by atoms with Crippen molar-refractivity contribution in [2.24, 2.45) is 7.05 Å². The molecule has 0 aliphatic heterocycles.